The molecule has 0 fully saturated rings. The number of rotatable bonds is 14. The quantitative estimate of drug-likeness (QED) is 0.493. The Kier molecular flexibility index (Phi) is 13.8. The smallest absolute Gasteiger partial charge is 0.0589 e. The van der Waals surface area contributed by atoms with Gasteiger partial charge < -0.3 is 10.1 Å². The van der Waals surface area contributed by atoms with E-state index in [2.05, 4.69) is 37.9 Å². The Bertz CT molecular complexity index is 195. The predicted octanol–water partition coefficient (Wildman–Crippen LogP) is 3.68. The maximum absolute atomic E-state index is 5.24. The van der Waals surface area contributed by atoms with Gasteiger partial charge in [-0.2, -0.15) is 0 Å². The van der Waals surface area contributed by atoms with Crippen LogP contribution in [0.15, 0.2) is 0 Å². The standard InChI is InChI=1S/C17H38N2O/c1-6-9-10-11-16(4)18-12-13-19(14-15-20-5)17(7-2)8-3/h16-18H,6-15H2,1-5H3. The third-order valence-corrected chi connectivity index (χ3v) is 4.17. The molecule has 0 saturated carbocycles. The molecule has 0 saturated heterocycles. The van der Waals surface area contributed by atoms with Crippen LogP contribution in [0.5, 0.6) is 0 Å². The molecule has 0 heterocycles. The molecule has 0 rings (SSSR count). The molecule has 0 aromatic rings. The second-order valence-electron chi connectivity index (χ2n) is 5.85. The molecule has 0 spiro atoms. The minimum atomic E-state index is 0.646. The molecular weight excluding hydrogens is 248 g/mol. The molecule has 3 nitrogen and oxygen atoms in total. The highest BCUT2D eigenvalue weighted by Gasteiger charge is 2.14. The van der Waals surface area contributed by atoms with Crippen LogP contribution in [0.1, 0.15) is 66.2 Å². The van der Waals surface area contributed by atoms with Gasteiger partial charge in [-0.3, -0.25) is 4.90 Å². The number of nitrogens with one attached hydrogen (secondary N) is 1. The van der Waals surface area contributed by atoms with E-state index in [1.54, 1.807) is 7.11 Å². The minimum Gasteiger partial charge on any atom is -0.383 e. The molecule has 1 unspecified atom stereocenters. The van der Waals surface area contributed by atoms with Gasteiger partial charge in [0, 0.05) is 38.8 Å². The summed E-state index contributed by atoms with van der Waals surface area (Å²) in [6.45, 7) is 13.3. The zero-order valence-corrected chi connectivity index (χ0v) is 14.6. The lowest BCUT2D eigenvalue weighted by atomic mass is 10.1. The number of hydrogen-bond donors (Lipinski definition) is 1. The predicted molar refractivity (Wildman–Crippen MR) is 89.4 cm³/mol. The van der Waals surface area contributed by atoms with Crippen molar-refractivity contribution in [2.24, 2.45) is 0 Å². The molecule has 0 bridgehead atoms. The van der Waals surface area contributed by atoms with E-state index in [9.17, 15) is 0 Å². The Morgan fingerprint density at radius 2 is 1.75 bits per heavy atom. The highest BCUT2D eigenvalue weighted by atomic mass is 16.5. The van der Waals surface area contributed by atoms with Gasteiger partial charge in [0.1, 0.15) is 0 Å². The normalized spacial score (nSPS) is 13.3. The maximum atomic E-state index is 5.24. The monoisotopic (exact) mass is 286 g/mol. The van der Waals surface area contributed by atoms with Crippen molar-refractivity contribution in [3.63, 3.8) is 0 Å². The molecule has 122 valence electrons. The van der Waals surface area contributed by atoms with Gasteiger partial charge >= 0.3 is 0 Å². The van der Waals surface area contributed by atoms with Crippen LogP contribution in [0.2, 0.25) is 0 Å². The highest BCUT2D eigenvalue weighted by Crippen LogP contribution is 2.08. The maximum Gasteiger partial charge on any atom is 0.0589 e. The molecule has 0 radical (unpaired) electrons. The average molecular weight is 287 g/mol. The van der Waals surface area contributed by atoms with Crippen molar-refractivity contribution in [1.29, 1.82) is 0 Å². The van der Waals surface area contributed by atoms with Gasteiger partial charge in [0.2, 0.25) is 0 Å². The van der Waals surface area contributed by atoms with E-state index in [1.807, 2.05) is 0 Å². The van der Waals surface area contributed by atoms with Crippen LogP contribution in [-0.4, -0.2) is 50.3 Å². The summed E-state index contributed by atoms with van der Waals surface area (Å²) in [4.78, 5) is 2.58. The van der Waals surface area contributed by atoms with Crippen LogP contribution in [-0.2, 0) is 4.74 Å². The lowest BCUT2D eigenvalue weighted by Gasteiger charge is -2.30. The molecule has 0 aliphatic carbocycles. The van der Waals surface area contributed by atoms with Crippen LogP contribution < -0.4 is 5.32 Å². The Morgan fingerprint density at radius 1 is 1.05 bits per heavy atom. The summed E-state index contributed by atoms with van der Waals surface area (Å²) in [6.07, 6.45) is 7.78. The van der Waals surface area contributed by atoms with Crippen LogP contribution in [0.4, 0.5) is 0 Å². The molecule has 0 aliphatic heterocycles. The topological polar surface area (TPSA) is 24.5 Å². The van der Waals surface area contributed by atoms with E-state index in [0.717, 1.165) is 26.2 Å². The summed E-state index contributed by atoms with van der Waals surface area (Å²) in [5.74, 6) is 0. The zero-order chi connectivity index (χ0) is 15.2. The van der Waals surface area contributed by atoms with Crippen molar-refractivity contribution in [3.8, 4) is 0 Å². The average Bonchev–Trinajstić information content (AvgIpc) is 2.45. The van der Waals surface area contributed by atoms with E-state index in [-0.39, 0.29) is 0 Å². The van der Waals surface area contributed by atoms with Crippen LogP contribution >= 0.6 is 0 Å². The van der Waals surface area contributed by atoms with Crippen molar-refractivity contribution in [2.75, 3.05) is 33.4 Å². The van der Waals surface area contributed by atoms with Crippen molar-refractivity contribution in [1.82, 2.24) is 10.2 Å². The van der Waals surface area contributed by atoms with Gasteiger partial charge in [0.25, 0.3) is 0 Å². The summed E-state index contributed by atoms with van der Waals surface area (Å²) in [5, 5.41) is 3.67. The van der Waals surface area contributed by atoms with Gasteiger partial charge in [0.05, 0.1) is 6.61 Å². The fourth-order valence-electron chi connectivity index (χ4n) is 2.75. The van der Waals surface area contributed by atoms with Gasteiger partial charge in [-0.25, -0.2) is 0 Å². The lowest BCUT2D eigenvalue weighted by molar-refractivity contribution is 0.115. The van der Waals surface area contributed by atoms with E-state index >= 15 is 0 Å². The van der Waals surface area contributed by atoms with Gasteiger partial charge in [-0.1, -0.05) is 40.0 Å². The van der Waals surface area contributed by atoms with Gasteiger partial charge in [0.15, 0.2) is 0 Å². The molecule has 1 N–H and O–H groups in total. The van der Waals surface area contributed by atoms with Crippen molar-refractivity contribution in [3.05, 3.63) is 0 Å². The molecule has 3 heteroatoms. The van der Waals surface area contributed by atoms with E-state index in [0.29, 0.717) is 12.1 Å². The Labute approximate surface area is 127 Å². The second-order valence-corrected chi connectivity index (χ2v) is 5.85. The Morgan fingerprint density at radius 3 is 2.30 bits per heavy atom. The number of hydrogen-bond acceptors (Lipinski definition) is 3. The van der Waals surface area contributed by atoms with Gasteiger partial charge in [-0.15, -0.1) is 0 Å². The molecule has 0 aromatic heterocycles. The summed E-state index contributed by atoms with van der Waals surface area (Å²) in [5.41, 5.74) is 0. The second kappa shape index (κ2) is 13.8. The number of methoxy groups -OCH3 is 1. The highest BCUT2D eigenvalue weighted by molar-refractivity contribution is 4.71. The van der Waals surface area contributed by atoms with Crippen LogP contribution in [0, 0.1) is 0 Å². The van der Waals surface area contributed by atoms with Crippen LogP contribution in [0.25, 0.3) is 0 Å². The number of nitrogens with zero attached hydrogens (tertiary/aromatic N) is 1. The van der Waals surface area contributed by atoms with E-state index in [1.165, 1.54) is 38.5 Å². The molecule has 0 aliphatic rings. The van der Waals surface area contributed by atoms with Crippen molar-refractivity contribution < 1.29 is 4.74 Å². The Balaban J connectivity index is 3.93. The molecule has 0 amide bonds. The van der Waals surface area contributed by atoms with E-state index in [4.69, 9.17) is 4.74 Å². The minimum absolute atomic E-state index is 0.646. The van der Waals surface area contributed by atoms with Crippen molar-refractivity contribution in [2.45, 2.75) is 78.3 Å². The zero-order valence-electron chi connectivity index (χ0n) is 14.6. The molecule has 1 atom stereocenters. The third-order valence-electron chi connectivity index (χ3n) is 4.17. The number of unbranched alkanes of at least 4 members (excludes halogenated alkanes) is 2. The molecule has 20 heavy (non-hydrogen) atoms. The molecule has 0 aromatic carbocycles. The molecular formula is C17H38N2O. The third kappa shape index (κ3) is 9.73. The largest absolute Gasteiger partial charge is 0.383 e. The summed E-state index contributed by atoms with van der Waals surface area (Å²) < 4.78 is 5.24. The summed E-state index contributed by atoms with van der Waals surface area (Å²) in [7, 11) is 1.79. The first kappa shape index (κ1) is 19.9. The Hall–Kier alpha value is -0.120. The summed E-state index contributed by atoms with van der Waals surface area (Å²) in [6, 6.07) is 1.34. The number of ether oxygens (including phenoxy) is 1. The van der Waals surface area contributed by atoms with Crippen molar-refractivity contribution >= 4 is 0 Å². The fraction of sp³-hybridized carbons (Fsp3) is 1.00. The fourth-order valence-corrected chi connectivity index (χ4v) is 2.75. The van der Waals surface area contributed by atoms with Crippen LogP contribution in [0.3, 0.4) is 0 Å². The first-order valence-corrected chi connectivity index (χ1v) is 8.65. The summed E-state index contributed by atoms with van der Waals surface area (Å²) >= 11 is 0. The van der Waals surface area contributed by atoms with E-state index < -0.39 is 0 Å². The van der Waals surface area contributed by atoms with Gasteiger partial charge in [-0.05, 0) is 26.2 Å². The first-order chi connectivity index (χ1) is 9.69. The lowest BCUT2D eigenvalue weighted by Crippen LogP contribution is -2.42. The first-order valence-electron chi connectivity index (χ1n) is 8.65. The SMILES string of the molecule is CCCCCC(C)NCCN(CCOC)C(CC)CC.